The van der Waals surface area contributed by atoms with E-state index in [2.05, 4.69) is 30.0 Å². The molecule has 1 fully saturated rings. The van der Waals surface area contributed by atoms with Gasteiger partial charge in [0.1, 0.15) is 23.1 Å². The molecule has 4 rings (SSSR count). The number of pyridine rings is 1. The Kier molecular flexibility index (Phi) is 8.72. The number of aryl methyl sites for hydroxylation is 1. The van der Waals surface area contributed by atoms with Crippen LogP contribution in [0.15, 0.2) is 30.7 Å². The fourth-order valence-corrected chi connectivity index (χ4v) is 4.62. The molecule has 2 atom stereocenters. The number of nitrogens with zero attached hydrogens (tertiary/aromatic N) is 5. The molecule has 4 heterocycles. The number of hydrogen-bond acceptors (Lipinski definition) is 9. The molecule has 1 amide bonds. The van der Waals surface area contributed by atoms with E-state index in [1.165, 1.54) is 23.2 Å². The lowest BCUT2D eigenvalue weighted by Gasteiger charge is -2.34. The van der Waals surface area contributed by atoms with E-state index >= 15 is 0 Å². The Morgan fingerprint density at radius 3 is 2.50 bits per heavy atom. The molecule has 3 aromatic heterocycles. The summed E-state index contributed by atoms with van der Waals surface area (Å²) in [6.45, 7) is 1.36. The minimum atomic E-state index is -4.64. The van der Waals surface area contributed by atoms with Gasteiger partial charge in [0.05, 0.1) is 42.0 Å². The summed E-state index contributed by atoms with van der Waals surface area (Å²) >= 11 is 0.904. The first-order valence-corrected chi connectivity index (χ1v) is 12.6. The van der Waals surface area contributed by atoms with Crippen LogP contribution in [0, 0.1) is 6.92 Å². The van der Waals surface area contributed by atoms with Crippen LogP contribution in [0.5, 0.6) is 5.88 Å². The zero-order valence-electron chi connectivity index (χ0n) is 20.7. The van der Waals surface area contributed by atoms with Crippen LogP contribution >= 0.6 is 11.5 Å². The maximum Gasteiger partial charge on any atom is 0.434 e. The lowest BCUT2D eigenvalue weighted by molar-refractivity contribution is -0.141. The van der Waals surface area contributed by atoms with Crippen molar-refractivity contribution in [1.82, 2.24) is 24.2 Å². The van der Waals surface area contributed by atoms with E-state index in [9.17, 15) is 35.5 Å². The number of anilines is 3. The highest BCUT2D eigenvalue weighted by atomic mass is 32.1. The number of likely N-dealkylation sites (tertiary alicyclic amines) is 1. The zero-order chi connectivity index (χ0) is 29.1. The first-order valence-electron chi connectivity index (χ1n) is 11.8. The molecule has 0 aromatic carbocycles. The highest BCUT2D eigenvalue weighted by Gasteiger charge is 2.34. The number of halogens is 7. The molecule has 0 aliphatic carbocycles. The van der Waals surface area contributed by atoms with Crippen molar-refractivity contribution in [3.05, 3.63) is 47.7 Å². The van der Waals surface area contributed by atoms with Crippen molar-refractivity contribution in [2.45, 2.75) is 44.4 Å². The highest BCUT2D eigenvalue weighted by Crippen LogP contribution is 2.30. The Balaban J connectivity index is 1.33. The number of alkyl halides is 7. The van der Waals surface area contributed by atoms with Gasteiger partial charge in [0, 0.05) is 25.7 Å². The summed E-state index contributed by atoms with van der Waals surface area (Å²) < 4.78 is 99.6. The average Bonchev–Trinajstić information content (AvgIpc) is 3.24. The summed E-state index contributed by atoms with van der Waals surface area (Å²) in [5, 5.41) is 5.59. The second kappa shape index (κ2) is 11.9. The second-order valence-electron chi connectivity index (χ2n) is 8.85. The lowest BCUT2D eigenvalue weighted by atomic mass is 10.1. The molecular weight excluding hydrogens is 571 g/mol. The zero-order valence-corrected chi connectivity index (χ0v) is 21.5. The van der Waals surface area contributed by atoms with E-state index in [-0.39, 0.29) is 54.0 Å². The van der Waals surface area contributed by atoms with E-state index in [1.807, 2.05) is 0 Å². The Hall–Kier alpha value is -3.60. The van der Waals surface area contributed by atoms with Gasteiger partial charge in [-0.15, -0.1) is 0 Å². The first-order chi connectivity index (χ1) is 18.8. The van der Waals surface area contributed by atoms with Crippen molar-refractivity contribution < 1.29 is 40.3 Å². The molecule has 40 heavy (non-hydrogen) atoms. The summed E-state index contributed by atoms with van der Waals surface area (Å²) in [5.41, 5.74) is -0.412. The summed E-state index contributed by atoms with van der Waals surface area (Å²) in [6, 6.07) is 2.88. The molecule has 0 spiro atoms. The Labute approximate surface area is 227 Å². The van der Waals surface area contributed by atoms with Gasteiger partial charge in [-0.05, 0) is 30.9 Å². The smallest absolute Gasteiger partial charge is 0.434 e. The fraction of sp³-hybridized carbons (Fsp3) is 0.435. The number of carbonyl (C=O) groups is 1. The van der Waals surface area contributed by atoms with Gasteiger partial charge in [-0.3, -0.25) is 9.69 Å². The van der Waals surface area contributed by atoms with Crippen molar-refractivity contribution in [3.8, 4) is 5.88 Å². The topological polar surface area (TPSA) is 105 Å². The van der Waals surface area contributed by atoms with Gasteiger partial charge in [-0.2, -0.15) is 30.7 Å². The quantitative estimate of drug-likeness (QED) is 0.335. The van der Waals surface area contributed by atoms with Gasteiger partial charge in [-0.25, -0.2) is 19.3 Å². The van der Waals surface area contributed by atoms with Crippen molar-refractivity contribution in [2.75, 3.05) is 30.3 Å². The number of ether oxygens (including phenoxy) is 1. The number of nitrogens with one attached hydrogen (secondary N) is 2. The summed E-state index contributed by atoms with van der Waals surface area (Å²) in [7, 11) is 0. The summed E-state index contributed by atoms with van der Waals surface area (Å²) in [4.78, 5) is 25.4. The maximum atomic E-state index is 14.5. The number of aromatic nitrogens is 4. The molecule has 216 valence electrons. The third-order valence-electron chi connectivity index (χ3n) is 5.82. The number of hydrogen-bond donors (Lipinski definition) is 2. The molecule has 3 aromatic rings. The minimum Gasteiger partial charge on any atom is -0.471 e. The Morgan fingerprint density at radius 1 is 1.12 bits per heavy atom. The number of piperidine rings is 1. The molecule has 0 saturated carbocycles. The first kappa shape index (κ1) is 29.4. The van der Waals surface area contributed by atoms with Gasteiger partial charge in [0.25, 0.3) is 5.91 Å². The molecule has 0 radical (unpaired) electrons. The van der Waals surface area contributed by atoms with Gasteiger partial charge < -0.3 is 15.4 Å². The van der Waals surface area contributed by atoms with Crippen LogP contribution in [0.1, 0.15) is 34.6 Å². The number of rotatable bonds is 8. The van der Waals surface area contributed by atoms with Gasteiger partial charge in [0.15, 0.2) is 5.69 Å². The molecule has 1 saturated heterocycles. The Bertz CT molecular complexity index is 1300. The predicted octanol–water partition coefficient (Wildman–Crippen LogP) is 5.39. The predicted molar refractivity (Wildman–Crippen MR) is 130 cm³/mol. The Morgan fingerprint density at radius 2 is 1.90 bits per heavy atom. The van der Waals surface area contributed by atoms with Crippen LogP contribution in [-0.4, -0.2) is 68.2 Å². The molecule has 9 nitrogen and oxygen atoms in total. The van der Waals surface area contributed by atoms with Crippen LogP contribution in [0.2, 0.25) is 0 Å². The SMILES string of the molecule is Cc1nsc(Nc2cnc(C(F)(F)F)cn2)c1C(=O)Nc1ccc(O[C@@H]2CCN(CCC(F)(F)F)C[C@@H]2F)nc1. The van der Waals surface area contributed by atoms with Crippen LogP contribution in [-0.2, 0) is 6.18 Å². The minimum absolute atomic E-state index is 0.0220. The molecule has 17 heteroatoms. The average molecular weight is 594 g/mol. The molecule has 2 N–H and O–H groups in total. The lowest BCUT2D eigenvalue weighted by Crippen LogP contribution is -2.47. The van der Waals surface area contributed by atoms with Crippen LogP contribution in [0.4, 0.5) is 47.2 Å². The van der Waals surface area contributed by atoms with Crippen LogP contribution < -0.4 is 15.4 Å². The van der Waals surface area contributed by atoms with Gasteiger partial charge in [0.2, 0.25) is 5.88 Å². The molecule has 1 aliphatic rings. The summed E-state index contributed by atoms with van der Waals surface area (Å²) in [6.07, 6.45) is -9.43. The highest BCUT2D eigenvalue weighted by molar-refractivity contribution is 7.10. The largest absolute Gasteiger partial charge is 0.471 e. The third kappa shape index (κ3) is 7.74. The van der Waals surface area contributed by atoms with E-state index in [1.54, 1.807) is 6.92 Å². The summed E-state index contributed by atoms with van der Waals surface area (Å²) in [5.74, 6) is -0.531. The van der Waals surface area contributed by atoms with E-state index in [0.29, 0.717) is 11.9 Å². The second-order valence-corrected chi connectivity index (χ2v) is 9.62. The van der Waals surface area contributed by atoms with Gasteiger partial charge in [-0.1, -0.05) is 0 Å². The van der Waals surface area contributed by atoms with E-state index in [4.69, 9.17) is 4.74 Å². The third-order valence-corrected chi connectivity index (χ3v) is 6.67. The molecule has 0 bridgehead atoms. The normalized spacial score (nSPS) is 18.4. The molecule has 1 aliphatic heterocycles. The maximum absolute atomic E-state index is 14.5. The van der Waals surface area contributed by atoms with Crippen LogP contribution in [0.25, 0.3) is 0 Å². The van der Waals surface area contributed by atoms with Crippen LogP contribution in [0.3, 0.4) is 0 Å². The number of amides is 1. The van der Waals surface area contributed by atoms with Gasteiger partial charge >= 0.3 is 12.4 Å². The van der Waals surface area contributed by atoms with Crippen molar-refractivity contribution in [2.24, 2.45) is 0 Å². The van der Waals surface area contributed by atoms with Crippen molar-refractivity contribution in [3.63, 3.8) is 0 Å². The van der Waals surface area contributed by atoms with E-state index < -0.39 is 42.7 Å². The van der Waals surface area contributed by atoms with Crippen molar-refractivity contribution in [1.29, 1.82) is 0 Å². The van der Waals surface area contributed by atoms with E-state index in [0.717, 1.165) is 17.7 Å². The van der Waals surface area contributed by atoms with Crippen molar-refractivity contribution >= 4 is 33.9 Å². The monoisotopic (exact) mass is 593 g/mol. The standard InChI is InChI=1S/C23H22F7N7O2S/c1-12-19(21(40-36-12)35-17-10-31-16(9-32-17)23(28,29)30)20(38)34-13-2-3-18(33-8-13)39-15-4-6-37(11-14(15)24)7-5-22(25,26)27/h2-3,8-10,14-15H,4-7,11H2,1H3,(H,32,35)(H,34,38)/t14-,15+/m0/s1. The fourth-order valence-electron chi connectivity index (χ4n) is 3.82. The number of carbonyl (C=O) groups excluding carboxylic acids is 1. The molecular formula is C23H22F7N7O2S. The molecule has 0 unspecified atom stereocenters.